The van der Waals surface area contributed by atoms with Crippen LogP contribution in [-0.2, 0) is 0 Å². The van der Waals surface area contributed by atoms with Gasteiger partial charge in [0.05, 0.1) is 0 Å². The molecule has 0 aliphatic rings. The van der Waals surface area contributed by atoms with Crippen molar-refractivity contribution in [2.45, 2.75) is 38.9 Å². The van der Waals surface area contributed by atoms with Gasteiger partial charge in [-0.15, -0.1) is 0 Å². The zero-order chi connectivity index (χ0) is 9.07. The van der Waals surface area contributed by atoms with Crippen LogP contribution in [0.5, 0.6) is 0 Å². The van der Waals surface area contributed by atoms with Crippen LogP contribution in [0.3, 0.4) is 0 Å². The molecule has 0 aliphatic heterocycles. The standard InChI is InChI=1S/C7H19NO2Si/c1-6(2)4-11(9,10)5-7(3)8/h6-7,9-10H,4-5,8H2,1-3H3. The molecule has 0 aromatic carbocycles. The van der Waals surface area contributed by atoms with Crippen LogP contribution in [0.2, 0.25) is 12.1 Å². The fraction of sp³-hybridized carbons (Fsp3) is 1.00. The SMILES string of the molecule is CC(C)C[Si](O)(O)CC(C)N. The Hall–Kier alpha value is 0.0969. The van der Waals surface area contributed by atoms with Crippen LogP contribution < -0.4 is 5.73 Å². The predicted molar refractivity (Wildman–Crippen MR) is 48.3 cm³/mol. The van der Waals surface area contributed by atoms with Gasteiger partial charge in [0.1, 0.15) is 0 Å². The van der Waals surface area contributed by atoms with Crippen LogP contribution in [0.15, 0.2) is 0 Å². The smallest absolute Gasteiger partial charge is 0.334 e. The third-order valence-corrected chi connectivity index (χ3v) is 4.15. The Morgan fingerprint density at radius 1 is 1.18 bits per heavy atom. The molecule has 68 valence electrons. The van der Waals surface area contributed by atoms with Gasteiger partial charge in [-0.3, -0.25) is 0 Å². The second-order valence-corrected chi connectivity index (χ2v) is 6.54. The molecule has 0 radical (unpaired) electrons. The molecule has 0 saturated heterocycles. The lowest BCUT2D eigenvalue weighted by atomic mass is 10.3. The van der Waals surface area contributed by atoms with E-state index in [2.05, 4.69) is 0 Å². The van der Waals surface area contributed by atoms with E-state index >= 15 is 0 Å². The minimum Gasteiger partial charge on any atom is -0.411 e. The fourth-order valence-corrected chi connectivity index (χ4v) is 3.76. The first-order valence-corrected chi connectivity index (χ1v) is 6.34. The molecular formula is C7H19NO2Si. The third kappa shape index (κ3) is 6.49. The van der Waals surface area contributed by atoms with Crippen LogP contribution in [0, 0.1) is 5.92 Å². The molecule has 0 spiro atoms. The summed E-state index contributed by atoms with van der Waals surface area (Å²) < 4.78 is 0. The van der Waals surface area contributed by atoms with Crippen molar-refractivity contribution in [2.75, 3.05) is 0 Å². The summed E-state index contributed by atoms with van der Waals surface area (Å²) in [6.45, 7) is 5.76. The second-order valence-electron chi connectivity index (χ2n) is 3.76. The van der Waals surface area contributed by atoms with Gasteiger partial charge in [0.15, 0.2) is 0 Å². The molecule has 0 fully saturated rings. The Balaban J connectivity index is 3.79. The van der Waals surface area contributed by atoms with Crippen molar-refractivity contribution in [2.24, 2.45) is 11.7 Å². The minimum atomic E-state index is -2.95. The highest BCUT2D eigenvalue weighted by Crippen LogP contribution is 2.16. The quantitative estimate of drug-likeness (QED) is 0.545. The average Bonchev–Trinajstić information content (AvgIpc) is 1.53. The van der Waals surface area contributed by atoms with E-state index in [-0.39, 0.29) is 6.04 Å². The lowest BCUT2D eigenvalue weighted by Crippen LogP contribution is -2.41. The molecule has 0 amide bonds. The predicted octanol–water partition coefficient (Wildman–Crippen LogP) is 0.416. The van der Waals surface area contributed by atoms with Crippen LogP contribution >= 0.6 is 0 Å². The largest absolute Gasteiger partial charge is 0.411 e. The van der Waals surface area contributed by atoms with E-state index in [4.69, 9.17) is 5.73 Å². The summed E-state index contributed by atoms with van der Waals surface area (Å²) in [6.07, 6.45) is 0. The minimum absolute atomic E-state index is 0.101. The number of hydrogen-bond acceptors (Lipinski definition) is 3. The summed E-state index contributed by atoms with van der Waals surface area (Å²) in [5, 5.41) is 0. The highest BCUT2D eigenvalue weighted by molar-refractivity contribution is 6.64. The van der Waals surface area contributed by atoms with Crippen molar-refractivity contribution in [3.05, 3.63) is 0 Å². The zero-order valence-electron chi connectivity index (χ0n) is 7.54. The normalized spacial score (nSPS) is 15.5. The Bertz CT molecular complexity index is 103. The van der Waals surface area contributed by atoms with E-state index in [9.17, 15) is 9.59 Å². The molecule has 1 atom stereocenters. The van der Waals surface area contributed by atoms with E-state index in [1.807, 2.05) is 13.8 Å². The van der Waals surface area contributed by atoms with Gasteiger partial charge in [0.25, 0.3) is 0 Å². The molecule has 0 saturated carbocycles. The van der Waals surface area contributed by atoms with E-state index < -0.39 is 8.56 Å². The van der Waals surface area contributed by atoms with Crippen LogP contribution in [0.25, 0.3) is 0 Å². The maximum atomic E-state index is 9.47. The van der Waals surface area contributed by atoms with Gasteiger partial charge in [-0.1, -0.05) is 20.8 Å². The Labute approximate surface area is 69.5 Å². The highest BCUT2D eigenvalue weighted by Gasteiger charge is 2.30. The molecule has 1 unspecified atom stereocenters. The molecule has 4 heteroatoms. The van der Waals surface area contributed by atoms with Crippen LogP contribution in [0.4, 0.5) is 0 Å². The van der Waals surface area contributed by atoms with Crippen LogP contribution in [-0.4, -0.2) is 24.2 Å². The Morgan fingerprint density at radius 2 is 1.64 bits per heavy atom. The van der Waals surface area contributed by atoms with Gasteiger partial charge in [0.2, 0.25) is 0 Å². The first-order valence-electron chi connectivity index (χ1n) is 4.04. The van der Waals surface area contributed by atoms with E-state index in [1.54, 1.807) is 6.92 Å². The van der Waals surface area contributed by atoms with Crippen molar-refractivity contribution in [3.8, 4) is 0 Å². The molecular weight excluding hydrogens is 158 g/mol. The maximum Gasteiger partial charge on any atom is 0.334 e. The molecule has 0 aliphatic carbocycles. The van der Waals surface area contributed by atoms with Crippen molar-refractivity contribution in [1.29, 1.82) is 0 Å². The molecule has 4 N–H and O–H groups in total. The molecule has 0 rings (SSSR count). The molecule has 0 aromatic heterocycles. The summed E-state index contributed by atoms with van der Waals surface area (Å²) in [5.41, 5.74) is 5.47. The monoisotopic (exact) mass is 177 g/mol. The lowest BCUT2D eigenvalue weighted by Gasteiger charge is -2.21. The Morgan fingerprint density at radius 3 is 1.91 bits per heavy atom. The maximum absolute atomic E-state index is 9.47. The van der Waals surface area contributed by atoms with E-state index in [0.29, 0.717) is 18.0 Å². The van der Waals surface area contributed by atoms with Gasteiger partial charge >= 0.3 is 8.56 Å². The number of rotatable bonds is 4. The number of hydrogen-bond donors (Lipinski definition) is 3. The molecule has 3 nitrogen and oxygen atoms in total. The summed E-state index contributed by atoms with van der Waals surface area (Å²) in [5.74, 6) is 0.343. The van der Waals surface area contributed by atoms with Crippen molar-refractivity contribution < 1.29 is 9.59 Å². The first kappa shape index (κ1) is 11.1. The van der Waals surface area contributed by atoms with Gasteiger partial charge in [-0.05, 0) is 12.0 Å². The Kier molecular flexibility index (Phi) is 4.24. The van der Waals surface area contributed by atoms with Crippen molar-refractivity contribution in [3.63, 3.8) is 0 Å². The van der Waals surface area contributed by atoms with Gasteiger partial charge in [0, 0.05) is 12.1 Å². The lowest BCUT2D eigenvalue weighted by molar-refractivity contribution is 0.342. The third-order valence-electron chi connectivity index (χ3n) is 1.38. The summed E-state index contributed by atoms with van der Waals surface area (Å²) in [6, 6.07) is 0.801. The zero-order valence-corrected chi connectivity index (χ0v) is 8.54. The molecule has 0 aromatic rings. The van der Waals surface area contributed by atoms with E-state index in [1.165, 1.54) is 0 Å². The molecule has 0 heterocycles. The summed E-state index contributed by atoms with van der Waals surface area (Å²) in [7, 11) is -2.95. The van der Waals surface area contributed by atoms with Gasteiger partial charge in [-0.25, -0.2) is 0 Å². The van der Waals surface area contributed by atoms with Gasteiger partial charge in [-0.2, -0.15) is 0 Å². The van der Waals surface area contributed by atoms with Gasteiger partial charge < -0.3 is 15.3 Å². The topological polar surface area (TPSA) is 66.5 Å². The molecule has 0 bridgehead atoms. The summed E-state index contributed by atoms with van der Waals surface area (Å²) >= 11 is 0. The highest BCUT2D eigenvalue weighted by atomic mass is 28.4. The van der Waals surface area contributed by atoms with E-state index in [0.717, 1.165) is 0 Å². The molecule has 11 heavy (non-hydrogen) atoms. The van der Waals surface area contributed by atoms with Crippen molar-refractivity contribution in [1.82, 2.24) is 0 Å². The van der Waals surface area contributed by atoms with Crippen molar-refractivity contribution >= 4 is 8.56 Å². The fourth-order valence-electron chi connectivity index (χ4n) is 1.25. The average molecular weight is 177 g/mol. The first-order chi connectivity index (χ1) is 4.83. The second kappa shape index (κ2) is 4.20. The van der Waals surface area contributed by atoms with Crippen LogP contribution in [0.1, 0.15) is 20.8 Å². The summed E-state index contributed by atoms with van der Waals surface area (Å²) in [4.78, 5) is 18.9. The number of nitrogens with two attached hydrogens (primary N) is 1.